The standard InChI is InChI=1S/C12H17BrN2O2/c1-2-4-15-12(10(13)7-14-15)11(16)6-9-3-5-17-8-9/h7,9H,2-6,8H2,1H3. The van der Waals surface area contributed by atoms with E-state index in [1.54, 1.807) is 10.9 Å². The predicted octanol–water partition coefficient (Wildman–Crippen LogP) is 2.66. The minimum atomic E-state index is 0.165. The lowest BCUT2D eigenvalue weighted by molar-refractivity contribution is 0.0941. The first kappa shape index (κ1) is 12.8. The molecule has 0 saturated carbocycles. The Morgan fingerprint density at radius 3 is 3.18 bits per heavy atom. The maximum Gasteiger partial charge on any atom is 0.182 e. The van der Waals surface area contributed by atoms with Crippen molar-refractivity contribution in [3.63, 3.8) is 0 Å². The smallest absolute Gasteiger partial charge is 0.182 e. The SMILES string of the molecule is CCCn1ncc(Br)c1C(=O)CC1CCOC1. The van der Waals surface area contributed by atoms with Gasteiger partial charge in [0.15, 0.2) is 5.78 Å². The molecule has 17 heavy (non-hydrogen) atoms. The third-order valence-corrected chi connectivity index (χ3v) is 3.57. The van der Waals surface area contributed by atoms with Crippen LogP contribution in [0.4, 0.5) is 0 Å². The van der Waals surface area contributed by atoms with Gasteiger partial charge in [-0.2, -0.15) is 5.10 Å². The molecule has 1 fully saturated rings. The van der Waals surface area contributed by atoms with Gasteiger partial charge in [0.1, 0.15) is 5.69 Å². The zero-order valence-corrected chi connectivity index (χ0v) is 11.6. The summed E-state index contributed by atoms with van der Waals surface area (Å²) in [5, 5.41) is 4.22. The third kappa shape index (κ3) is 2.96. The summed E-state index contributed by atoms with van der Waals surface area (Å²) in [4.78, 5) is 12.2. The van der Waals surface area contributed by atoms with Crippen LogP contribution in [-0.4, -0.2) is 28.8 Å². The highest BCUT2D eigenvalue weighted by Crippen LogP contribution is 2.23. The quantitative estimate of drug-likeness (QED) is 0.785. The first-order valence-corrected chi connectivity index (χ1v) is 6.84. The summed E-state index contributed by atoms with van der Waals surface area (Å²) in [6.45, 7) is 4.36. The Morgan fingerprint density at radius 2 is 2.53 bits per heavy atom. The lowest BCUT2D eigenvalue weighted by Crippen LogP contribution is -2.15. The molecule has 1 aromatic rings. The second-order valence-electron chi connectivity index (χ2n) is 4.42. The number of halogens is 1. The molecular formula is C12H17BrN2O2. The van der Waals surface area contributed by atoms with Crippen LogP contribution in [0.25, 0.3) is 0 Å². The third-order valence-electron chi connectivity index (χ3n) is 2.99. The van der Waals surface area contributed by atoms with Gasteiger partial charge in [-0.1, -0.05) is 6.92 Å². The van der Waals surface area contributed by atoms with Crippen LogP contribution in [0, 0.1) is 5.92 Å². The normalized spacial score (nSPS) is 19.8. The molecule has 1 atom stereocenters. The molecule has 5 heteroatoms. The number of aromatic nitrogens is 2. The molecule has 1 aliphatic rings. The van der Waals surface area contributed by atoms with E-state index >= 15 is 0 Å². The molecule has 2 rings (SSSR count). The number of nitrogens with zero attached hydrogens (tertiary/aromatic N) is 2. The summed E-state index contributed by atoms with van der Waals surface area (Å²) in [6, 6.07) is 0. The Kier molecular flexibility index (Phi) is 4.34. The van der Waals surface area contributed by atoms with Crippen molar-refractivity contribution >= 4 is 21.7 Å². The predicted molar refractivity (Wildman–Crippen MR) is 68.1 cm³/mol. The topological polar surface area (TPSA) is 44.1 Å². The van der Waals surface area contributed by atoms with Crippen LogP contribution in [0.1, 0.15) is 36.7 Å². The van der Waals surface area contributed by atoms with Crippen molar-refractivity contribution in [2.45, 2.75) is 32.7 Å². The van der Waals surface area contributed by atoms with Gasteiger partial charge < -0.3 is 4.74 Å². The Hall–Kier alpha value is -0.680. The highest BCUT2D eigenvalue weighted by atomic mass is 79.9. The van der Waals surface area contributed by atoms with Crippen LogP contribution < -0.4 is 0 Å². The number of ketones is 1. The van der Waals surface area contributed by atoms with Crippen molar-refractivity contribution in [1.82, 2.24) is 9.78 Å². The van der Waals surface area contributed by atoms with Crippen LogP contribution in [0.2, 0.25) is 0 Å². The van der Waals surface area contributed by atoms with Gasteiger partial charge in [-0.05, 0) is 34.7 Å². The van der Waals surface area contributed by atoms with E-state index in [1.807, 2.05) is 0 Å². The van der Waals surface area contributed by atoms with Crippen LogP contribution in [0.5, 0.6) is 0 Å². The Balaban J connectivity index is 2.09. The number of hydrogen-bond acceptors (Lipinski definition) is 3. The van der Waals surface area contributed by atoms with Gasteiger partial charge >= 0.3 is 0 Å². The Labute approximate surface area is 109 Å². The molecule has 0 bridgehead atoms. The Bertz CT molecular complexity index is 397. The molecule has 0 aromatic carbocycles. The van der Waals surface area contributed by atoms with Crippen molar-refractivity contribution in [2.24, 2.45) is 5.92 Å². The van der Waals surface area contributed by atoms with Crippen LogP contribution >= 0.6 is 15.9 Å². The van der Waals surface area contributed by atoms with Gasteiger partial charge in [-0.15, -0.1) is 0 Å². The molecule has 94 valence electrons. The molecule has 2 heterocycles. The van der Waals surface area contributed by atoms with Gasteiger partial charge in [0.05, 0.1) is 10.7 Å². The lowest BCUT2D eigenvalue weighted by atomic mass is 10.0. The summed E-state index contributed by atoms with van der Waals surface area (Å²) in [7, 11) is 0. The number of rotatable bonds is 5. The highest BCUT2D eigenvalue weighted by molar-refractivity contribution is 9.10. The number of ether oxygens (including phenoxy) is 1. The summed E-state index contributed by atoms with van der Waals surface area (Å²) < 4.78 is 7.89. The number of carbonyl (C=O) groups excluding carboxylic acids is 1. The second kappa shape index (κ2) is 5.78. The van der Waals surface area contributed by atoms with Gasteiger partial charge in [0, 0.05) is 26.2 Å². The Morgan fingerprint density at radius 1 is 1.71 bits per heavy atom. The molecule has 1 aliphatic heterocycles. The van der Waals surface area contributed by atoms with Crippen LogP contribution in [0.3, 0.4) is 0 Å². The number of Topliss-reactive ketones (excluding diaryl/α,β-unsaturated/α-hetero) is 1. The molecule has 1 aromatic heterocycles. The van der Waals surface area contributed by atoms with E-state index in [0.29, 0.717) is 24.6 Å². The van der Waals surface area contributed by atoms with E-state index in [2.05, 4.69) is 28.0 Å². The minimum Gasteiger partial charge on any atom is -0.381 e. The highest BCUT2D eigenvalue weighted by Gasteiger charge is 2.23. The van der Waals surface area contributed by atoms with Gasteiger partial charge in [0.2, 0.25) is 0 Å². The zero-order valence-electron chi connectivity index (χ0n) is 9.99. The number of hydrogen-bond donors (Lipinski definition) is 0. The van der Waals surface area contributed by atoms with Gasteiger partial charge in [0.25, 0.3) is 0 Å². The molecule has 0 spiro atoms. The summed E-state index contributed by atoms with van der Waals surface area (Å²) >= 11 is 3.40. The lowest BCUT2D eigenvalue weighted by Gasteiger charge is -2.09. The van der Waals surface area contributed by atoms with Crippen molar-refractivity contribution in [3.8, 4) is 0 Å². The van der Waals surface area contributed by atoms with Gasteiger partial charge in [-0.3, -0.25) is 9.48 Å². The molecule has 0 N–H and O–H groups in total. The monoisotopic (exact) mass is 300 g/mol. The van der Waals surface area contributed by atoms with Crippen molar-refractivity contribution < 1.29 is 9.53 Å². The number of aryl methyl sites for hydroxylation is 1. The van der Waals surface area contributed by atoms with Crippen LogP contribution in [0.15, 0.2) is 10.7 Å². The molecule has 1 saturated heterocycles. The van der Waals surface area contributed by atoms with E-state index in [-0.39, 0.29) is 5.78 Å². The summed E-state index contributed by atoms with van der Waals surface area (Å²) in [6.07, 6.45) is 4.23. The fourth-order valence-electron chi connectivity index (χ4n) is 2.12. The first-order valence-electron chi connectivity index (χ1n) is 6.04. The molecular weight excluding hydrogens is 284 g/mol. The second-order valence-corrected chi connectivity index (χ2v) is 5.28. The van der Waals surface area contributed by atoms with Crippen molar-refractivity contribution in [2.75, 3.05) is 13.2 Å². The minimum absolute atomic E-state index is 0.165. The average Bonchev–Trinajstić information content (AvgIpc) is 2.89. The largest absolute Gasteiger partial charge is 0.381 e. The van der Waals surface area contributed by atoms with E-state index in [4.69, 9.17) is 4.74 Å². The van der Waals surface area contributed by atoms with E-state index < -0.39 is 0 Å². The molecule has 0 aliphatic carbocycles. The molecule has 4 nitrogen and oxygen atoms in total. The fraction of sp³-hybridized carbons (Fsp3) is 0.667. The molecule has 1 unspecified atom stereocenters. The maximum atomic E-state index is 12.2. The average molecular weight is 301 g/mol. The zero-order chi connectivity index (χ0) is 12.3. The van der Waals surface area contributed by atoms with E-state index in [9.17, 15) is 4.79 Å². The van der Waals surface area contributed by atoms with E-state index in [0.717, 1.165) is 30.5 Å². The van der Waals surface area contributed by atoms with Crippen LogP contribution in [-0.2, 0) is 11.3 Å². The number of carbonyl (C=O) groups is 1. The fourth-order valence-corrected chi connectivity index (χ4v) is 2.64. The van der Waals surface area contributed by atoms with Gasteiger partial charge in [-0.25, -0.2) is 0 Å². The van der Waals surface area contributed by atoms with E-state index in [1.165, 1.54) is 0 Å². The molecule has 0 amide bonds. The first-order chi connectivity index (χ1) is 8.22. The maximum absolute atomic E-state index is 12.2. The van der Waals surface area contributed by atoms with Crippen molar-refractivity contribution in [3.05, 3.63) is 16.4 Å². The summed E-state index contributed by atoms with van der Waals surface area (Å²) in [5.74, 6) is 0.540. The molecule has 0 radical (unpaired) electrons. The summed E-state index contributed by atoms with van der Waals surface area (Å²) in [5.41, 5.74) is 0.707. The van der Waals surface area contributed by atoms with Crippen molar-refractivity contribution in [1.29, 1.82) is 0 Å².